The van der Waals surface area contributed by atoms with Gasteiger partial charge in [0, 0.05) is 19.7 Å². The Labute approximate surface area is 146 Å². The molecule has 9 heteroatoms. The molecule has 0 radical (unpaired) electrons. The van der Waals surface area contributed by atoms with Crippen LogP contribution >= 0.6 is 11.6 Å². The third kappa shape index (κ3) is 3.31. The van der Waals surface area contributed by atoms with E-state index in [0.717, 1.165) is 0 Å². The van der Waals surface area contributed by atoms with Gasteiger partial charge in [0.15, 0.2) is 21.3 Å². The van der Waals surface area contributed by atoms with Gasteiger partial charge in [-0.15, -0.1) is 0 Å². The molecule has 0 aliphatic carbocycles. The number of hydrogen-bond donors (Lipinski definition) is 0. The van der Waals surface area contributed by atoms with Crippen molar-refractivity contribution in [3.05, 3.63) is 22.7 Å². The van der Waals surface area contributed by atoms with Gasteiger partial charge in [-0.05, 0) is 18.6 Å². The highest BCUT2D eigenvalue weighted by atomic mass is 35.5. The van der Waals surface area contributed by atoms with Gasteiger partial charge in [0.25, 0.3) is 5.91 Å². The van der Waals surface area contributed by atoms with Crippen LogP contribution in [0.2, 0.25) is 5.02 Å². The summed E-state index contributed by atoms with van der Waals surface area (Å²) < 4.78 is 34.5. The Morgan fingerprint density at radius 2 is 1.96 bits per heavy atom. The molecular weight excluding hydrogens is 356 g/mol. The number of hydrazine groups is 1. The third-order valence-electron chi connectivity index (χ3n) is 4.04. The van der Waals surface area contributed by atoms with Gasteiger partial charge >= 0.3 is 0 Å². The van der Waals surface area contributed by atoms with Crippen LogP contribution in [0.5, 0.6) is 11.5 Å². The summed E-state index contributed by atoms with van der Waals surface area (Å²) >= 11 is 6.20. The zero-order valence-electron chi connectivity index (χ0n) is 13.5. The van der Waals surface area contributed by atoms with Crippen LogP contribution in [0.4, 0.5) is 0 Å². The lowest BCUT2D eigenvalue weighted by atomic mass is 10.1. The van der Waals surface area contributed by atoms with Crippen molar-refractivity contribution in [1.82, 2.24) is 10.0 Å². The summed E-state index contributed by atoms with van der Waals surface area (Å²) in [6.07, 6.45) is 0.421. The van der Waals surface area contributed by atoms with Gasteiger partial charge in [-0.2, -0.15) is 0 Å². The topological polar surface area (TPSA) is 76.2 Å². The molecule has 0 bridgehead atoms. The van der Waals surface area contributed by atoms with Crippen molar-refractivity contribution >= 4 is 27.3 Å². The first kappa shape index (κ1) is 17.3. The molecule has 1 atom stereocenters. The molecule has 1 fully saturated rings. The van der Waals surface area contributed by atoms with Crippen LogP contribution in [0.1, 0.15) is 16.8 Å². The Morgan fingerprint density at radius 1 is 1.25 bits per heavy atom. The van der Waals surface area contributed by atoms with Crippen molar-refractivity contribution in [3.63, 3.8) is 0 Å². The number of amides is 1. The van der Waals surface area contributed by atoms with E-state index in [2.05, 4.69) is 0 Å². The van der Waals surface area contributed by atoms with E-state index in [1.54, 1.807) is 25.2 Å². The van der Waals surface area contributed by atoms with Crippen molar-refractivity contribution in [2.75, 3.05) is 38.8 Å². The minimum atomic E-state index is -3.10. The van der Waals surface area contributed by atoms with Crippen LogP contribution in [0.25, 0.3) is 0 Å². The lowest BCUT2D eigenvalue weighted by molar-refractivity contribution is 0.000954. The van der Waals surface area contributed by atoms with Gasteiger partial charge in [0.2, 0.25) is 0 Å². The summed E-state index contributed by atoms with van der Waals surface area (Å²) in [4.78, 5) is 13.0. The van der Waals surface area contributed by atoms with E-state index in [9.17, 15) is 13.2 Å². The number of rotatable bonds is 3. The van der Waals surface area contributed by atoms with Gasteiger partial charge < -0.3 is 9.47 Å². The number of ether oxygens (including phenoxy) is 2. The summed E-state index contributed by atoms with van der Waals surface area (Å²) in [7, 11) is 0.318. The number of hydrogen-bond acceptors (Lipinski definition) is 6. The molecule has 2 aliphatic rings. The maximum atomic E-state index is 13.0. The number of fused-ring (bicyclic) bond motifs is 1. The van der Waals surface area contributed by atoms with Crippen LogP contribution < -0.4 is 9.47 Å². The highest BCUT2D eigenvalue weighted by Gasteiger charge is 2.36. The molecule has 1 aromatic carbocycles. The quantitative estimate of drug-likeness (QED) is 0.740. The summed E-state index contributed by atoms with van der Waals surface area (Å²) in [6.45, 7) is 0.795. The second-order valence-electron chi connectivity index (χ2n) is 6.04. The molecule has 0 spiro atoms. The van der Waals surface area contributed by atoms with E-state index in [0.29, 0.717) is 41.7 Å². The SMILES string of the molecule is CN(C)N(C(=O)c1cc(Cl)c2c(c1)OCCO2)C1CCS(=O)(=O)C1. The van der Waals surface area contributed by atoms with E-state index < -0.39 is 9.84 Å². The lowest BCUT2D eigenvalue weighted by Crippen LogP contribution is -2.49. The average Bonchev–Trinajstić information content (AvgIpc) is 2.86. The Morgan fingerprint density at radius 3 is 2.58 bits per heavy atom. The molecule has 132 valence electrons. The zero-order chi connectivity index (χ0) is 17.5. The first-order valence-electron chi connectivity index (χ1n) is 7.59. The van der Waals surface area contributed by atoms with Crippen molar-refractivity contribution < 1.29 is 22.7 Å². The monoisotopic (exact) mass is 374 g/mol. The Kier molecular flexibility index (Phi) is 4.63. The smallest absolute Gasteiger partial charge is 0.268 e. The number of halogens is 1. The Hall–Kier alpha value is -1.51. The number of nitrogens with zero attached hydrogens (tertiary/aromatic N) is 2. The third-order valence-corrected chi connectivity index (χ3v) is 6.07. The molecule has 1 saturated heterocycles. The molecule has 0 saturated carbocycles. The maximum Gasteiger partial charge on any atom is 0.268 e. The predicted molar refractivity (Wildman–Crippen MR) is 89.4 cm³/mol. The molecule has 1 amide bonds. The molecule has 2 heterocycles. The fourth-order valence-corrected chi connectivity index (χ4v) is 4.97. The first-order valence-corrected chi connectivity index (χ1v) is 9.79. The van der Waals surface area contributed by atoms with E-state index in [-0.39, 0.29) is 23.5 Å². The molecule has 0 N–H and O–H groups in total. The molecule has 3 rings (SSSR count). The number of sulfone groups is 1. The first-order chi connectivity index (χ1) is 11.3. The van der Waals surface area contributed by atoms with Crippen LogP contribution in [0.15, 0.2) is 12.1 Å². The highest BCUT2D eigenvalue weighted by molar-refractivity contribution is 7.91. The minimum Gasteiger partial charge on any atom is -0.486 e. The van der Waals surface area contributed by atoms with E-state index in [4.69, 9.17) is 21.1 Å². The molecule has 0 aromatic heterocycles. The summed E-state index contributed by atoms with van der Waals surface area (Å²) in [5, 5.41) is 3.37. The summed E-state index contributed by atoms with van der Waals surface area (Å²) in [5.74, 6) is 0.599. The second-order valence-corrected chi connectivity index (χ2v) is 8.67. The highest BCUT2D eigenvalue weighted by Crippen LogP contribution is 2.38. The Bertz CT molecular complexity index is 765. The maximum absolute atomic E-state index is 13.0. The van der Waals surface area contributed by atoms with Gasteiger partial charge in [0.05, 0.1) is 22.6 Å². The summed E-state index contributed by atoms with van der Waals surface area (Å²) in [6, 6.07) is 2.73. The normalized spacial score (nSPS) is 21.8. The molecular formula is C15H19ClN2O5S. The molecule has 24 heavy (non-hydrogen) atoms. The van der Waals surface area contributed by atoms with Crippen molar-refractivity contribution in [3.8, 4) is 11.5 Å². The van der Waals surface area contributed by atoms with Gasteiger partial charge in [-0.1, -0.05) is 11.6 Å². The van der Waals surface area contributed by atoms with Crippen molar-refractivity contribution in [2.24, 2.45) is 0 Å². The number of carbonyl (C=O) groups excluding carboxylic acids is 1. The fraction of sp³-hybridized carbons (Fsp3) is 0.533. The Balaban J connectivity index is 1.92. The van der Waals surface area contributed by atoms with Crippen LogP contribution in [-0.4, -0.2) is 69.2 Å². The van der Waals surface area contributed by atoms with Gasteiger partial charge in [-0.3, -0.25) is 9.80 Å². The standard InChI is InChI=1S/C15H19ClN2O5S/c1-17(2)18(11-3-6-24(20,21)9-11)15(19)10-7-12(16)14-13(8-10)22-4-5-23-14/h7-8,11H,3-6,9H2,1-2H3. The average molecular weight is 375 g/mol. The lowest BCUT2D eigenvalue weighted by Gasteiger charge is -2.34. The fourth-order valence-electron chi connectivity index (χ4n) is 3.01. The van der Waals surface area contributed by atoms with Crippen molar-refractivity contribution in [2.45, 2.75) is 12.5 Å². The van der Waals surface area contributed by atoms with Gasteiger partial charge in [0.1, 0.15) is 13.2 Å². The zero-order valence-corrected chi connectivity index (χ0v) is 15.1. The van der Waals surface area contributed by atoms with Crippen LogP contribution in [-0.2, 0) is 9.84 Å². The largest absolute Gasteiger partial charge is 0.486 e. The molecule has 7 nitrogen and oxygen atoms in total. The number of carbonyl (C=O) groups is 1. The van der Waals surface area contributed by atoms with E-state index in [1.165, 1.54) is 11.1 Å². The number of benzene rings is 1. The predicted octanol–water partition coefficient (Wildman–Crippen LogP) is 1.22. The van der Waals surface area contributed by atoms with Gasteiger partial charge in [-0.25, -0.2) is 13.4 Å². The van der Waals surface area contributed by atoms with Crippen LogP contribution in [0.3, 0.4) is 0 Å². The van der Waals surface area contributed by atoms with Crippen LogP contribution in [0, 0.1) is 0 Å². The summed E-state index contributed by atoms with van der Waals surface area (Å²) in [5.41, 5.74) is 0.335. The van der Waals surface area contributed by atoms with E-state index in [1.807, 2.05) is 0 Å². The minimum absolute atomic E-state index is 0.0325. The van der Waals surface area contributed by atoms with E-state index >= 15 is 0 Å². The second kappa shape index (κ2) is 6.42. The molecule has 1 aromatic rings. The molecule has 1 unspecified atom stereocenters. The van der Waals surface area contributed by atoms with Crippen molar-refractivity contribution in [1.29, 1.82) is 0 Å². The molecule has 2 aliphatic heterocycles.